The fourth-order valence-corrected chi connectivity index (χ4v) is 2.78. The summed E-state index contributed by atoms with van der Waals surface area (Å²) in [5, 5.41) is 19.7. The summed E-state index contributed by atoms with van der Waals surface area (Å²) in [6, 6.07) is 9.55. The number of hydrogen-bond acceptors (Lipinski definition) is 5. The first-order valence-electron chi connectivity index (χ1n) is 8.00. The van der Waals surface area contributed by atoms with Crippen molar-refractivity contribution in [3.05, 3.63) is 80.1 Å². The third kappa shape index (κ3) is 3.74. The number of aromatic hydroxyl groups is 1. The van der Waals surface area contributed by atoms with Crippen molar-refractivity contribution in [3.63, 3.8) is 0 Å². The van der Waals surface area contributed by atoms with E-state index >= 15 is 0 Å². The lowest BCUT2D eigenvalue weighted by molar-refractivity contribution is 0.0697. The van der Waals surface area contributed by atoms with Gasteiger partial charge in [-0.1, -0.05) is 6.07 Å². The van der Waals surface area contributed by atoms with E-state index in [9.17, 15) is 19.1 Å². The van der Waals surface area contributed by atoms with Crippen LogP contribution in [0.25, 0.3) is 5.69 Å². The lowest BCUT2D eigenvalue weighted by Crippen LogP contribution is -2.18. The van der Waals surface area contributed by atoms with E-state index in [0.29, 0.717) is 16.9 Å². The van der Waals surface area contributed by atoms with Gasteiger partial charge in [-0.15, -0.1) is 0 Å². The van der Waals surface area contributed by atoms with Gasteiger partial charge in [-0.2, -0.15) is 0 Å². The van der Waals surface area contributed by atoms with Gasteiger partial charge in [-0.25, -0.2) is 9.18 Å². The smallest absolute Gasteiger partial charge is 0.335 e. The van der Waals surface area contributed by atoms with Gasteiger partial charge in [0.25, 0.3) is 5.56 Å². The molecule has 0 saturated heterocycles. The minimum atomic E-state index is -1.11. The van der Waals surface area contributed by atoms with E-state index in [1.807, 2.05) is 0 Å². The van der Waals surface area contributed by atoms with Crippen LogP contribution in [-0.2, 0) is 0 Å². The average Bonchev–Trinajstić information content (AvgIpc) is 2.64. The summed E-state index contributed by atoms with van der Waals surface area (Å²) in [7, 11) is 0. The fourth-order valence-electron chi connectivity index (χ4n) is 2.50. The summed E-state index contributed by atoms with van der Waals surface area (Å²) in [5.74, 6) is -2.05. The number of hydrogen-bond donors (Lipinski definition) is 3. The molecule has 3 aromatic rings. The SMILES string of the molecule is Cc1ccc(C(=O)O)cc1N=Cc1c(O)n(-c2ccc(F)cc2)c(=S)[nH]c1=O. The highest BCUT2D eigenvalue weighted by Gasteiger charge is 2.13. The van der Waals surface area contributed by atoms with E-state index < -0.39 is 23.2 Å². The molecule has 9 heteroatoms. The Bertz CT molecular complexity index is 1210. The summed E-state index contributed by atoms with van der Waals surface area (Å²) >= 11 is 5.09. The molecule has 2 aromatic carbocycles. The van der Waals surface area contributed by atoms with Crippen LogP contribution < -0.4 is 5.56 Å². The van der Waals surface area contributed by atoms with Crippen molar-refractivity contribution >= 4 is 30.1 Å². The second-order valence-corrected chi connectivity index (χ2v) is 6.26. The molecule has 7 nitrogen and oxygen atoms in total. The number of carboxylic acid groups (broad SMARTS) is 1. The molecule has 0 radical (unpaired) electrons. The molecule has 142 valence electrons. The highest BCUT2D eigenvalue weighted by molar-refractivity contribution is 7.71. The number of rotatable bonds is 4. The van der Waals surface area contributed by atoms with Crippen LogP contribution in [0.3, 0.4) is 0 Å². The van der Waals surface area contributed by atoms with Crippen molar-refractivity contribution in [2.45, 2.75) is 6.92 Å². The van der Waals surface area contributed by atoms with E-state index in [2.05, 4.69) is 9.98 Å². The summed E-state index contributed by atoms with van der Waals surface area (Å²) in [5.41, 5.74) is 0.546. The van der Waals surface area contributed by atoms with Crippen molar-refractivity contribution in [3.8, 4) is 11.6 Å². The first-order valence-corrected chi connectivity index (χ1v) is 8.41. The molecule has 3 N–H and O–H groups in total. The van der Waals surface area contributed by atoms with E-state index in [4.69, 9.17) is 17.3 Å². The molecule has 3 rings (SSSR count). The molecule has 1 heterocycles. The van der Waals surface area contributed by atoms with Gasteiger partial charge >= 0.3 is 5.97 Å². The second-order valence-electron chi connectivity index (χ2n) is 5.87. The number of nitrogens with zero attached hydrogens (tertiary/aromatic N) is 2. The number of halogens is 1. The Morgan fingerprint density at radius 2 is 1.93 bits per heavy atom. The normalized spacial score (nSPS) is 11.1. The number of carbonyl (C=O) groups is 1. The number of aliphatic imine (C=N–C) groups is 1. The average molecular weight is 399 g/mol. The molecule has 1 aromatic heterocycles. The predicted molar refractivity (Wildman–Crippen MR) is 104 cm³/mol. The van der Waals surface area contributed by atoms with Gasteiger partial charge in [-0.05, 0) is 61.1 Å². The zero-order valence-electron chi connectivity index (χ0n) is 14.5. The standard InChI is InChI=1S/C19H14FN3O4S/c1-10-2-3-11(18(26)27)8-15(10)21-9-14-16(24)22-19(28)23(17(14)25)13-6-4-12(20)5-7-13/h2-9,25H,1H3,(H,26,27)(H,22,24,28). The van der Waals surface area contributed by atoms with Crippen LogP contribution in [0.5, 0.6) is 5.88 Å². The highest BCUT2D eigenvalue weighted by Crippen LogP contribution is 2.22. The van der Waals surface area contributed by atoms with Crippen LogP contribution in [0.2, 0.25) is 0 Å². The molecule has 0 aliphatic rings. The fraction of sp³-hybridized carbons (Fsp3) is 0.0526. The van der Waals surface area contributed by atoms with Crippen molar-refractivity contribution < 1.29 is 19.4 Å². The minimum absolute atomic E-state index is 0.0400. The zero-order valence-corrected chi connectivity index (χ0v) is 15.3. The molecule has 0 bridgehead atoms. The van der Waals surface area contributed by atoms with Crippen LogP contribution >= 0.6 is 12.2 Å². The maximum atomic E-state index is 13.2. The Hall–Kier alpha value is -3.59. The van der Waals surface area contributed by atoms with Crippen LogP contribution in [-0.4, -0.2) is 31.9 Å². The predicted octanol–water partition coefficient (Wildman–Crippen LogP) is 3.50. The molecule has 0 amide bonds. The topological polar surface area (TPSA) is 108 Å². The number of carboxylic acids is 1. The Morgan fingerprint density at radius 1 is 1.25 bits per heavy atom. The van der Waals surface area contributed by atoms with Crippen molar-refractivity contribution in [1.82, 2.24) is 9.55 Å². The summed E-state index contributed by atoms with van der Waals surface area (Å²) in [6.45, 7) is 1.73. The van der Waals surface area contributed by atoms with Crippen molar-refractivity contribution in [1.29, 1.82) is 0 Å². The van der Waals surface area contributed by atoms with E-state index in [1.54, 1.807) is 13.0 Å². The quantitative estimate of drug-likeness (QED) is 0.460. The Kier molecular flexibility index (Phi) is 5.18. The van der Waals surface area contributed by atoms with Gasteiger partial charge in [0.2, 0.25) is 5.88 Å². The van der Waals surface area contributed by atoms with Crippen LogP contribution in [0.15, 0.2) is 52.3 Å². The van der Waals surface area contributed by atoms with Gasteiger partial charge in [0.05, 0.1) is 16.9 Å². The maximum Gasteiger partial charge on any atom is 0.335 e. The Balaban J connectivity index is 2.12. The van der Waals surface area contributed by atoms with Crippen molar-refractivity contribution in [2.24, 2.45) is 4.99 Å². The molecule has 0 fully saturated rings. The monoisotopic (exact) mass is 399 g/mol. The zero-order chi connectivity index (χ0) is 20.4. The van der Waals surface area contributed by atoms with Gasteiger partial charge < -0.3 is 10.2 Å². The minimum Gasteiger partial charge on any atom is -0.494 e. The molecule has 0 aliphatic carbocycles. The third-order valence-electron chi connectivity index (χ3n) is 3.99. The molecule has 0 atom stereocenters. The van der Waals surface area contributed by atoms with Gasteiger partial charge in [0.15, 0.2) is 4.77 Å². The number of H-pyrrole nitrogens is 1. The van der Waals surface area contributed by atoms with E-state index in [1.165, 1.54) is 36.4 Å². The Labute approximate surface area is 163 Å². The number of benzene rings is 2. The number of aryl methyl sites for hydroxylation is 1. The molecule has 0 spiro atoms. The number of aromatic amines is 1. The van der Waals surface area contributed by atoms with Gasteiger partial charge in [-0.3, -0.25) is 19.3 Å². The summed E-state index contributed by atoms with van der Waals surface area (Å²) in [4.78, 5) is 29.9. The van der Waals surface area contributed by atoms with Crippen molar-refractivity contribution in [2.75, 3.05) is 0 Å². The summed E-state index contributed by atoms with van der Waals surface area (Å²) < 4.78 is 14.3. The van der Waals surface area contributed by atoms with Gasteiger partial charge in [0, 0.05) is 6.21 Å². The van der Waals surface area contributed by atoms with Gasteiger partial charge in [0.1, 0.15) is 11.4 Å². The molecule has 0 saturated carbocycles. The van der Waals surface area contributed by atoms with Crippen LogP contribution in [0.1, 0.15) is 21.5 Å². The summed E-state index contributed by atoms with van der Waals surface area (Å²) in [6.07, 6.45) is 1.12. The first kappa shape index (κ1) is 19.2. The number of aromatic nitrogens is 2. The lowest BCUT2D eigenvalue weighted by atomic mass is 10.1. The van der Waals surface area contributed by atoms with Crippen LogP contribution in [0, 0.1) is 17.5 Å². The highest BCUT2D eigenvalue weighted by atomic mass is 32.1. The molecule has 28 heavy (non-hydrogen) atoms. The largest absolute Gasteiger partial charge is 0.494 e. The number of nitrogens with one attached hydrogen (secondary N) is 1. The first-order chi connectivity index (χ1) is 13.3. The second kappa shape index (κ2) is 7.57. The molecule has 0 aliphatic heterocycles. The lowest BCUT2D eigenvalue weighted by Gasteiger charge is -2.11. The Morgan fingerprint density at radius 3 is 2.57 bits per heavy atom. The van der Waals surface area contributed by atoms with Crippen LogP contribution in [0.4, 0.5) is 10.1 Å². The van der Waals surface area contributed by atoms with E-state index in [-0.39, 0.29) is 15.9 Å². The van der Waals surface area contributed by atoms with E-state index in [0.717, 1.165) is 10.8 Å². The molecular formula is C19H14FN3O4S. The third-order valence-corrected chi connectivity index (χ3v) is 4.28. The molecular weight excluding hydrogens is 385 g/mol. The molecule has 0 unspecified atom stereocenters. The number of aromatic carboxylic acids is 1. The maximum absolute atomic E-state index is 13.2.